The number of carboxylic acids is 1. The second-order valence-electron chi connectivity index (χ2n) is 4.36. The molecular formula is C14H20N2O4S. The van der Waals surface area contributed by atoms with Crippen LogP contribution < -0.4 is 10.6 Å². The van der Waals surface area contributed by atoms with Gasteiger partial charge in [0.15, 0.2) is 0 Å². The van der Waals surface area contributed by atoms with Gasteiger partial charge >= 0.3 is 12.0 Å². The van der Waals surface area contributed by atoms with Crippen molar-refractivity contribution in [3.8, 4) is 0 Å². The van der Waals surface area contributed by atoms with Gasteiger partial charge in [0.05, 0.1) is 0 Å². The molecule has 0 aliphatic rings. The second-order valence-corrected chi connectivity index (χ2v) is 6.23. The Kier molecular flexibility index (Phi) is 7.45. The number of urea groups is 1. The number of amides is 2. The minimum atomic E-state index is -0.910. The van der Waals surface area contributed by atoms with Gasteiger partial charge in [-0.3, -0.25) is 9.00 Å². The third-order valence-corrected chi connectivity index (χ3v) is 4.11. The first-order valence-corrected chi connectivity index (χ1v) is 8.21. The lowest BCUT2D eigenvalue weighted by molar-refractivity contribution is -0.136. The Bertz CT molecular complexity index is 519. The zero-order valence-corrected chi connectivity index (χ0v) is 12.7. The summed E-state index contributed by atoms with van der Waals surface area (Å²) in [6.07, 6.45) is 0.363. The van der Waals surface area contributed by atoms with Crippen LogP contribution in [0.3, 0.4) is 0 Å². The fourth-order valence-corrected chi connectivity index (χ4v) is 2.31. The van der Waals surface area contributed by atoms with Crippen molar-refractivity contribution < 1.29 is 18.9 Å². The SMILES string of the molecule is CCS(=O)CCNC(=O)Nc1ccccc1CCC(=O)O. The topological polar surface area (TPSA) is 95.5 Å². The van der Waals surface area contributed by atoms with Crippen LogP contribution in [0.15, 0.2) is 24.3 Å². The summed E-state index contributed by atoms with van der Waals surface area (Å²) in [5, 5.41) is 14.0. The molecule has 2 amide bonds. The van der Waals surface area contributed by atoms with E-state index in [4.69, 9.17) is 5.11 Å². The molecule has 21 heavy (non-hydrogen) atoms. The monoisotopic (exact) mass is 312 g/mol. The molecule has 0 aliphatic heterocycles. The highest BCUT2D eigenvalue weighted by molar-refractivity contribution is 7.84. The molecule has 6 nitrogen and oxygen atoms in total. The van der Waals surface area contributed by atoms with Gasteiger partial charge < -0.3 is 15.7 Å². The van der Waals surface area contributed by atoms with Gasteiger partial charge in [0, 0.05) is 41.0 Å². The number of nitrogens with one attached hydrogen (secondary N) is 2. The number of rotatable bonds is 8. The van der Waals surface area contributed by atoms with Gasteiger partial charge in [-0.2, -0.15) is 0 Å². The smallest absolute Gasteiger partial charge is 0.319 e. The van der Waals surface area contributed by atoms with Crippen LogP contribution in [0, 0.1) is 0 Å². The predicted molar refractivity (Wildman–Crippen MR) is 83.0 cm³/mol. The zero-order chi connectivity index (χ0) is 15.7. The maximum Gasteiger partial charge on any atom is 0.319 e. The van der Waals surface area contributed by atoms with E-state index in [9.17, 15) is 13.8 Å². The van der Waals surface area contributed by atoms with Crippen LogP contribution in [0.5, 0.6) is 0 Å². The predicted octanol–water partition coefficient (Wildman–Crippen LogP) is 1.59. The van der Waals surface area contributed by atoms with Crippen molar-refractivity contribution in [2.45, 2.75) is 19.8 Å². The van der Waals surface area contributed by atoms with Gasteiger partial charge in [0.2, 0.25) is 0 Å². The first-order chi connectivity index (χ1) is 10.0. The van der Waals surface area contributed by atoms with Gasteiger partial charge in [-0.25, -0.2) is 4.79 Å². The van der Waals surface area contributed by atoms with Crippen LogP contribution in [-0.2, 0) is 22.0 Å². The molecule has 0 radical (unpaired) electrons. The highest BCUT2D eigenvalue weighted by Crippen LogP contribution is 2.16. The fraction of sp³-hybridized carbons (Fsp3) is 0.429. The summed E-state index contributed by atoms with van der Waals surface area (Å²) in [5.74, 6) is 0.114. The highest BCUT2D eigenvalue weighted by atomic mass is 32.2. The molecule has 1 atom stereocenters. The van der Waals surface area contributed by atoms with Crippen molar-refractivity contribution in [1.82, 2.24) is 5.32 Å². The van der Waals surface area contributed by atoms with E-state index in [2.05, 4.69) is 10.6 Å². The van der Waals surface area contributed by atoms with E-state index in [-0.39, 0.29) is 12.5 Å². The number of carbonyl (C=O) groups is 2. The summed E-state index contributed by atoms with van der Waals surface area (Å²) in [5.41, 5.74) is 1.36. The molecule has 0 saturated heterocycles. The van der Waals surface area contributed by atoms with Crippen LogP contribution in [0.25, 0.3) is 0 Å². The highest BCUT2D eigenvalue weighted by Gasteiger charge is 2.08. The Morgan fingerprint density at radius 2 is 2.00 bits per heavy atom. The standard InChI is InChI=1S/C14H20N2O4S/c1-2-21(20)10-9-15-14(19)16-12-6-4-3-5-11(12)7-8-13(17)18/h3-6H,2,7-10H2,1H3,(H,17,18)(H2,15,16,19). The van der Waals surface area contributed by atoms with Crippen molar-refractivity contribution in [3.05, 3.63) is 29.8 Å². The number of benzene rings is 1. The van der Waals surface area contributed by atoms with E-state index in [0.29, 0.717) is 30.2 Å². The molecule has 7 heteroatoms. The lowest BCUT2D eigenvalue weighted by atomic mass is 10.1. The Hall–Kier alpha value is -1.89. The minimum absolute atomic E-state index is 0.00972. The molecule has 1 aromatic carbocycles. The summed E-state index contributed by atoms with van der Waals surface area (Å²) in [7, 11) is -0.910. The zero-order valence-electron chi connectivity index (χ0n) is 11.9. The van der Waals surface area contributed by atoms with Crippen LogP contribution in [0.4, 0.5) is 10.5 Å². The lowest BCUT2D eigenvalue weighted by Gasteiger charge is -2.11. The Balaban J connectivity index is 2.51. The molecule has 0 bridgehead atoms. The molecule has 1 unspecified atom stereocenters. The third-order valence-electron chi connectivity index (χ3n) is 2.81. The van der Waals surface area contributed by atoms with Crippen LogP contribution in [-0.4, -0.2) is 39.4 Å². The number of aryl methyl sites for hydroxylation is 1. The molecule has 0 aliphatic carbocycles. The molecule has 0 spiro atoms. The fourth-order valence-electron chi connectivity index (χ4n) is 1.69. The van der Waals surface area contributed by atoms with E-state index in [1.54, 1.807) is 24.3 Å². The van der Waals surface area contributed by atoms with Gasteiger partial charge in [0.1, 0.15) is 0 Å². The molecule has 116 valence electrons. The second kappa shape index (κ2) is 9.12. The summed E-state index contributed by atoms with van der Waals surface area (Å²) in [4.78, 5) is 22.3. The number of hydrogen-bond donors (Lipinski definition) is 3. The van der Waals surface area contributed by atoms with E-state index < -0.39 is 16.8 Å². The maximum atomic E-state index is 11.7. The maximum absolute atomic E-state index is 11.7. The van der Waals surface area contributed by atoms with Gasteiger partial charge in [-0.15, -0.1) is 0 Å². The Labute approximate surface area is 126 Å². The molecule has 0 heterocycles. The van der Waals surface area contributed by atoms with Gasteiger partial charge in [-0.05, 0) is 18.1 Å². The van der Waals surface area contributed by atoms with E-state index >= 15 is 0 Å². The minimum Gasteiger partial charge on any atom is -0.481 e. The van der Waals surface area contributed by atoms with Crippen LogP contribution >= 0.6 is 0 Å². The van der Waals surface area contributed by atoms with Crippen molar-refractivity contribution in [1.29, 1.82) is 0 Å². The average molecular weight is 312 g/mol. The number of hydrogen-bond acceptors (Lipinski definition) is 3. The van der Waals surface area contributed by atoms with Gasteiger partial charge in [0.25, 0.3) is 0 Å². The van der Waals surface area contributed by atoms with Gasteiger partial charge in [-0.1, -0.05) is 25.1 Å². The molecule has 0 saturated carbocycles. The third kappa shape index (κ3) is 6.89. The molecule has 0 aromatic heterocycles. The van der Waals surface area contributed by atoms with E-state index in [1.807, 2.05) is 6.92 Å². The summed E-state index contributed by atoms with van der Waals surface area (Å²) >= 11 is 0. The molecule has 1 aromatic rings. The van der Waals surface area contributed by atoms with E-state index in [1.165, 1.54) is 0 Å². The summed E-state index contributed by atoms with van der Waals surface area (Å²) in [6.45, 7) is 2.17. The molecule has 0 fully saturated rings. The number of carboxylic acid groups (broad SMARTS) is 1. The summed E-state index contributed by atoms with van der Waals surface area (Å²) < 4.78 is 11.2. The molecule has 1 rings (SSSR count). The number of aliphatic carboxylic acids is 1. The molecular weight excluding hydrogens is 292 g/mol. The lowest BCUT2D eigenvalue weighted by Crippen LogP contribution is -2.32. The van der Waals surface area contributed by atoms with Crippen molar-refractivity contribution in [2.75, 3.05) is 23.4 Å². The van der Waals surface area contributed by atoms with Crippen molar-refractivity contribution >= 4 is 28.5 Å². The average Bonchev–Trinajstić information content (AvgIpc) is 2.46. The quantitative estimate of drug-likeness (QED) is 0.679. The van der Waals surface area contributed by atoms with Crippen molar-refractivity contribution in [3.63, 3.8) is 0 Å². The van der Waals surface area contributed by atoms with E-state index in [0.717, 1.165) is 5.56 Å². The molecule has 3 N–H and O–H groups in total. The van der Waals surface area contributed by atoms with Crippen LogP contribution in [0.2, 0.25) is 0 Å². The van der Waals surface area contributed by atoms with Crippen molar-refractivity contribution in [2.24, 2.45) is 0 Å². The normalized spacial score (nSPS) is 11.7. The largest absolute Gasteiger partial charge is 0.481 e. The summed E-state index contributed by atoms with van der Waals surface area (Å²) in [6, 6.07) is 6.69. The number of carbonyl (C=O) groups excluding carboxylic acids is 1. The first kappa shape index (κ1) is 17.2. The first-order valence-electron chi connectivity index (χ1n) is 6.72. The number of anilines is 1. The number of para-hydroxylation sites is 1. The Morgan fingerprint density at radius 3 is 2.67 bits per heavy atom. The Morgan fingerprint density at radius 1 is 1.29 bits per heavy atom. The van der Waals surface area contributed by atoms with Crippen LogP contribution in [0.1, 0.15) is 18.9 Å².